The maximum absolute atomic E-state index is 13.8. The van der Waals surface area contributed by atoms with Gasteiger partial charge in [-0.15, -0.1) is 11.3 Å². The molecule has 0 spiro atoms. The Morgan fingerprint density at radius 1 is 1.19 bits per heavy atom. The smallest absolute Gasteiger partial charge is 0.420 e. The highest BCUT2D eigenvalue weighted by Crippen LogP contribution is 2.40. The molecule has 4 rings (SSSR count). The molecule has 1 fully saturated rings. The molecule has 0 saturated carbocycles. The third-order valence-corrected chi connectivity index (χ3v) is 8.17. The van der Waals surface area contributed by atoms with Gasteiger partial charge in [0.25, 0.3) is 0 Å². The minimum Gasteiger partial charge on any atom is -0.494 e. The number of aromatic nitrogens is 3. The number of benzene rings is 1. The molecule has 3 heterocycles. The van der Waals surface area contributed by atoms with E-state index >= 15 is 0 Å². The third-order valence-electron chi connectivity index (χ3n) is 5.83. The van der Waals surface area contributed by atoms with Crippen LogP contribution in [0.15, 0.2) is 30.6 Å². The van der Waals surface area contributed by atoms with Crippen LogP contribution in [0, 0.1) is 6.92 Å². The van der Waals surface area contributed by atoms with Crippen LogP contribution in [0.2, 0.25) is 0 Å². The van der Waals surface area contributed by atoms with Crippen molar-refractivity contribution in [3.8, 4) is 26.9 Å². The Labute approximate surface area is 211 Å². The number of hydrogen-bond acceptors (Lipinski definition) is 8. The number of aryl methyl sites for hydroxylation is 1. The number of nitrogens with one attached hydrogen (secondary N) is 1. The summed E-state index contributed by atoms with van der Waals surface area (Å²) >= 11 is 1.12. The zero-order valence-electron chi connectivity index (χ0n) is 20.0. The van der Waals surface area contributed by atoms with Crippen molar-refractivity contribution in [3.05, 3.63) is 41.7 Å². The normalized spacial score (nSPS) is 15.7. The van der Waals surface area contributed by atoms with Crippen molar-refractivity contribution < 1.29 is 26.3 Å². The van der Waals surface area contributed by atoms with Gasteiger partial charge in [-0.1, -0.05) is 0 Å². The van der Waals surface area contributed by atoms with Crippen molar-refractivity contribution in [2.45, 2.75) is 38.9 Å². The number of alkyl halides is 3. The molecule has 0 aliphatic carbocycles. The van der Waals surface area contributed by atoms with E-state index in [0.29, 0.717) is 43.3 Å². The Morgan fingerprint density at radius 3 is 2.53 bits per heavy atom. The molecule has 8 nitrogen and oxygen atoms in total. The maximum Gasteiger partial charge on any atom is 0.420 e. The van der Waals surface area contributed by atoms with Crippen LogP contribution in [0.1, 0.15) is 30.9 Å². The molecule has 0 amide bonds. The van der Waals surface area contributed by atoms with E-state index in [4.69, 9.17) is 4.74 Å². The Bertz CT molecular complexity index is 1340. The summed E-state index contributed by atoms with van der Waals surface area (Å²) < 4.78 is 71.7. The lowest BCUT2D eigenvalue weighted by molar-refractivity contribution is -0.137. The molecule has 3 aromatic rings. The number of rotatable bonds is 7. The topological polar surface area (TPSA) is 97.3 Å². The molecule has 1 aliphatic rings. The highest BCUT2D eigenvalue weighted by molar-refractivity contribution is 7.88. The largest absolute Gasteiger partial charge is 0.494 e. The van der Waals surface area contributed by atoms with E-state index in [1.54, 1.807) is 6.07 Å². The van der Waals surface area contributed by atoms with Crippen LogP contribution in [-0.4, -0.2) is 59.7 Å². The highest BCUT2D eigenvalue weighted by Gasteiger charge is 2.36. The minimum atomic E-state index is -4.64. The van der Waals surface area contributed by atoms with Gasteiger partial charge in [0.2, 0.25) is 16.0 Å². The molecule has 0 unspecified atom stereocenters. The zero-order chi connectivity index (χ0) is 26.1. The molecular weight excluding hydrogens is 515 g/mol. The Balaban J connectivity index is 1.61. The lowest BCUT2D eigenvalue weighted by atomic mass is 10.1. The average Bonchev–Trinajstić information content (AvgIpc) is 3.28. The lowest BCUT2D eigenvalue weighted by Gasteiger charge is -2.30. The summed E-state index contributed by atoms with van der Waals surface area (Å²) in [5.74, 6) is 0.770. The fourth-order valence-electron chi connectivity index (χ4n) is 4.00. The summed E-state index contributed by atoms with van der Waals surface area (Å²) in [6.07, 6.45) is -0.333. The van der Waals surface area contributed by atoms with Gasteiger partial charge in [0.1, 0.15) is 16.3 Å². The van der Waals surface area contributed by atoms with Gasteiger partial charge in [0.05, 0.1) is 23.4 Å². The number of sulfonamides is 1. The van der Waals surface area contributed by atoms with Crippen LogP contribution in [-0.2, 0) is 16.2 Å². The van der Waals surface area contributed by atoms with Gasteiger partial charge < -0.3 is 10.1 Å². The highest BCUT2D eigenvalue weighted by atomic mass is 32.2. The number of nitrogens with zero attached hydrogens (tertiary/aromatic N) is 4. The fraction of sp³-hybridized carbons (Fsp3) is 0.435. The third kappa shape index (κ3) is 5.95. The van der Waals surface area contributed by atoms with Gasteiger partial charge in [0, 0.05) is 37.1 Å². The van der Waals surface area contributed by atoms with Crippen LogP contribution in [0.25, 0.3) is 21.1 Å². The summed E-state index contributed by atoms with van der Waals surface area (Å²) in [6, 6.07) is 5.35. The summed E-state index contributed by atoms with van der Waals surface area (Å²) in [5.41, 5.74) is 0.496. The fourth-order valence-corrected chi connectivity index (χ4v) is 5.89. The molecule has 0 radical (unpaired) electrons. The number of thiazole rings is 1. The van der Waals surface area contributed by atoms with Gasteiger partial charge in [0.15, 0.2) is 0 Å². The standard InChI is InChI=1S/C23H26F3N5O3S2/c1-4-34-16-5-6-17(14(2)11-16)21-27-13-19(35-21)20-18(23(24,25)26)12-28-22(30-20)29-15-7-9-31(10-8-15)36(3,32)33/h5-6,11-13,15H,4,7-10H2,1-3H3,(H,28,29,30). The van der Waals surface area contributed by atoms with Gasteiger partial charge in [-0.3, -0.25) is 0 Å². The van der Waals surface area contributed by atoms with Crippen molar-refractivity contribution in [2.75, 3.05) is 31.3 Å². The Hall–Kier alpha value is -2.77. The molecule has 1 saturated heterocycles. The summed E-state index contributed by atoms with van der Waals surface area (Å²) in [6.45, 7) is 4.95. The van der Waals surface area contributed by atoms with Crippen molar-refractivity contribution in [3.63, 3.8) is 0 Å². The van der Waals surface area contributed by atoms with E-state index in [1.165, 1.54) is 10.5 Å². The van der Waals surface area contributed by atoms with E-state index in [0.717, 1.165) is 34.9 Å². The molecule has 1 aromatic carbocycles. The quantitative estimate of drug-likeness (QED) is 0.458. The van der Waals surface area contributed by atoms with E-state index in [9.17, 15) is 21.6 Å². The van der Waals surface area contributed by atoms with Crippen molar-refractivity contribution in [2.24, 2.45) is 0 Å². The predicted molar refractivity (Wildman–Crippen MR) is 133 cm³/mol. The van der Waals surface area contributed by atoms with Crippen LogP contribution in [0.5, 0.6) is 5.75 Å². The first-order valence-electron chi connectivity index (χ1n) is 11.3. The predicted octanol–water partition coefficient (Wildman–Crippen LogP) is 4.83. The van der Waals surface area contributed by atoms with Crippen molar-refractivity contribution in [1.82, 2.24) is 19.3 Å². The second kappa shape index (κ2) is 10.3. The Morgan fingerprint density at radius 2 is 1.92 bits per heavy atom. The first kappa shape index (κ1) is 26.3. The first-order valence-corrected chi connectivity index (χ1v) is 14.0. The van der Waals surface area contributed by atoms with Crippen LogP contribution >= 0.6 is 11.3 Å². The van der Waals surface area contributed by atoms with E-state index in [1.807, 2.05) is 26.0 Å². The zero-order valence-corrected chi connectivity index (χ0v) is 21.6. The van der Waals surface area contributed by atoms with E-state index < -0.39 is 21.8 Å². The van der Waals surface area contributed by atoms with E-state index in [-0.39, 0.29) is 22.6 Å². The Kier molecular flexibility index (Phi) is 7.53. The molecule has 194 valence electrons. The molecule has 0 atom stereocenters. The second-order valence-corrected chi connectivity index (χ2v) is 11.5. The van der Waals surface area contributed by atoms with Crippen LogP contribution in [0.3, 0.4) is 0 Å². The number of hydrogen-bond donors (Lipinski definition) is 1. The number of halogens is 3. The molecule has 1 N–H and O–H groups in total. The maximum atomic E-state index is 13.8. The lowest BCUT2D eigenvalue weighted by Crippen LogP contribution is -2.42. The molecule has 2 aromatic heterocycles. The summed E-state index contributed by atoms with van der Waals surface area (Å²) in [7, 11) is -3.28. The monoisotopic (exact) mass is 541 g/mol. The molecule has 13 heteroatoms. The van der Waals surface area contributed by atoms with Crippen LogP contribution in [0.4, 0.5) is 19.1 Å². The first-order chi connectivity index (χ1) is 17.0. The number of piperidine rings is 1. The molecular formula is C23H26F3N5O3S2. The van der Waals surface area contributed by atoms with Crippen LogP contribution < -0.4 is 10.1 Å². The summed E-state index contributed by atoms with van der Waals surface area (Å²) in [4.78, 5) is 12.7. The SMILES string of the molecule is CCOc1ccc(-c2ncc(-c3nc(NC4CCN(S(C)(=O)=O)CC4)ncc3C(F)(F)F)s2)c(C)c1. The van der Waals surface area contributed by atoms with Gasteiger partial charge >= 0.3 is 6.18 Å². The van der Waals surface area contributed by atoms with Gasteiger partial charge in [-0.05, 0) is 50.5 Å². The number of anilines is 1. The molecule has 1 aliphatic heterocycles. The summed E-state index contributed by atoms with van der Waals surface area (Å²) in [5, 5.41) is 3.64. The van der Waals surface area contributed by atoms with Crippen molar-refractivity contribution in [1.29, 1.82) is 0 Å². The molecule has 0 bridgehead atoms. The van der Waals surface area contributed by atoms with E-state index in [2.05, 4.69) is 20.3 Å². The number of ether oxygens (including phenoxy) is 1. The van der Waals surface area contributed by atoms with Gasteiger partial charge in [-0.2, -0.15) is 13.2 Å². The minimum absolute atomic E-state index is 0.0583. The molecule has 36 heavy (non-hydrogen) atoms. The van der Waals surface area contributed by atoms with Gasteiger partial charge in [-0.25, -0.2) is 27.7 Å². The average molecular weight is 542 g/mol. The second-order valence-electron chi connectivity index (χ2n) is 8.47. The van der Waals surface area contributed by atoms with Crippen molar-refractivity contribution >= 4 is 27.3 Å².